The molecule has 2 N–H and O–H groups in total. The molecule has 1 saturated carbocycles. The Bertz CT molecular complexity index is 1530. The maximum atomic E-state index is 12.1. The first-order chi connectivity index (χ1) is 19.2. The van der Waals surface area contributed by atoms with E-state index in [-0.39, 0.29) is 23.3 Å². The fourth-order valence-corrected chi connectivity index (χ4v) is 4.64. The molecule has 1 aliphatic carbocycles. The van der Waals surface area contributed by atoms with Crippen LogP contribution in [0.25, 0.3) is 11.2 Å². The van der Waals surface area contributed by atoms with E-state index >= 15 is 0 Å². The van der Waals surface area contributed by atoms with Crippen LogP contribution in [0.2, 0.25) is 0 Å². The monoisotopic (exact) mass is 546 g/mol. The predicted molar refractivity (Wildman–Crippen MR) is 149 cm³/mol. The fourth-order valence-electron chi connectivity index (χ4n) is 4.64. The third-order valence-corrected chi connectivity index (χ3v) is 6.93. The van der Waals surface area contributed by atoms with Crippen molar-refractivity contribution in [3.05, 3.63) is 42.4 Å². The van der Waals surface area contributed by atoms with Gasteiger partial charge in [0.05, 0.1) is 38.1 Å². The molecule has 5 heterocycles. The average molecular weight is 547 g/mol. The van der Waals surface area contributed by atoms with Gasteiger partial charge in [-0.2, -0.15) is 10.1 Å². The first-order valence-electron chi connectivity index (χ1n) is 13.5. The molecule has 0 bridgehead atoms. The van der Waals surface area contributed by atoms with Gasteiger partial charge in [-0.3, -0.25) is 9.48 Å². The lowest BCUT2D eigenvalue weighted by Gasteiger charge is -2.26. The van der Waals surface area contributed by atoms with Crippen molar-refractivity contribution >= 4 is 34.7 Å². The maximum Gasteiger partial charge on any atom is 0.228 e. The number of carbonyl (C=O) groups excluding carboxylic acids is 1. The Morgan fingerprint density at radius 1 is 1.12 bits per heavy atom. The summed E-state index contributed by atoms with van der Waals surface area (Å²) in [6.45, 7) is 8.88. The van der Waals surface area contributed by atoms with Crippen LogP contribution in [0.3, 0.4) is 0 Å². The number of pyridine rings is 2. The minimum absolute atomic E-state index is 0.00144. The predicted octanol–water partition coefficient (Wildman–Crippen LogP) is 4.16. The molecule has 4 aromatic heterocycles. The Kier molecular flexibility index (Phi) is 6.88. The van der Waals surface area contributed by atoms with Gasteiger partial charge in [-0.15, -0.1) is 0 Å². The van der Waals surface area contributed by atoms with Gasteiger partial charge >= 0.3 is 0 Å². The van der Waals surface area contributed by atoms with Gasteiger partial charge in [-0.25, -0.2) is 9.97 Å². The minimum atomic E-state index is -0.115. The number of hydrogen-bond acceptors (Lipinski definition) is 9. The summed E-state index contributed by atoms with van der Waals surface area (Å²) in [5.74, 6) is 2.95. The van der Waals surface area contributed by atoms with Crippen molar-refractivity contribution in [1.82, 2.24) is 29.3 Å². The summed E-state index contributed by atoms with van der Waals surface area (Å²) in [6.07, 6.45) is 5.06. The highest BCUT2D eigenvalue weighted by atomic mass is 16.6. The van der Waals surface area contributed by atoms with Crippen molar-refractivity contribution in [2.24, 2.45) is 13.0 Å². The molecule has 12 heteroatoms. The molecule has 4 aromatic rings. The van der Waals surface area contributed by atoms with Crippen molar-refractivity contribution in [1.29, 1.82) is 0 Å². The number of nitrogens with zero attached hydrogens (tertiary/aromatic N) is 6. The summed E-state index contributed by atoms with van der Waals surface area (Å²) in [5.41, 5.74) is 2.34. The van der Waals surface area contributed by atoms with Gasteiger partial charge in [0, 0.05) is 48.5 Å². The molecule has 40 heavy (non-hydrogen) atoms. The molecule has 12 nitrogen and oxygen atoms in total. The molecule has 1 aliphatic heterocycles. The second-order valence-electron chi connectivity index (χ2n) is 11.3. The second kappa shape index (κ2) is 10.5. The number of rotatable bonds is 8. The van der Waals surface area contributed by atoms with E-state index < -0.39 is 0 Å². The van der Waals surface area contributed by atoms with Gasteiger partial charge in [0.15, 0.2) is 11.5 Å². The molecule has 0 spiro atoms. The van der Waals surface area contributed by atoms with Crippen LogP contribution in [0, 0.1) is 5.92 Å². The smallest absolute Gasteiger partial charge is 0.228 e. The van der Waals surface area contributed by atoms with Crippen LogP contribution in [-0.4, -0.2) is 61.1 Å². The highest BCUT2D eigenvalue weighted by Crippen LogP contribution is 2.32. The Morgan fingerprint density at radius 2 is 1.98 bits per heavy atom. The largest absolute Gasteiger partial charge is 0.455 e. The molecule has 1 saturated heterocycles. The lowest BCUT2D eigenvalue weighted by atomic mass is 9.92. The number of carbonyl (C=O) groups is 1. The zero-order valence-electron chi connectivity index (χ0n) is 23.2. The number of aryl methyl sites for hydroxylation is 1. The number of amides is 1. The van der Waals surface area contributed by atoms with Crippen molar-refractivity contribution in [2.75, 3.05) is 30.5 Å². The van der Waals surface area contributed by atoms with Crippen LogP contribution in [0.1, 0.15) is 39.3 Å². The average Bonchev–Trinajstić information content (AvgIpc) is 3.63. The normalized spacial score (nSPS) is 17.6. The standard InChI is InChI=1S/C28H34N8O4/c1-28(2,3)22-13-24(34-36(22)15-20-16-38-9-10-39-20)32-27-33-25-21(35(27)4)11-19(14-30-25)40-18-7-8-29-23(12-18)31-26(37)17-5-6-17/h7-8,11-14,17,20H,5-6,9-10,15-16H2,1-4H3,(H,29,31,37)(H,30,32,33,34). The van der Waals surface area contributed by atoms with Crippen LogP contribution in [0.5, 0.6) is 11.5 Å². The van der Waals surface area contributed by atoms with Gasteiger partial charge in [-0.1, -0.05) is 20.8 Å². The van der Waals surface area contributed by atoms with Crippen LogP contribution >= 0.6 is 0 Å². The molecular weight excluding hydrogens is 512 g/mol. The molecule has 1 atom stereocenters. The Balaban J connectivity index is 1.20. The van der Waals surface area contributed by atoms with Crippen molar-refractivity contribution in [2.45, 2.75) is 51.7 Å². The van der Waals surface area contributed by atoms with E-state index in [9.17, 15) is 4.79 Å². The van der Waals surface area contributed by atoms with Gasteiger partial charge in [-0.05, 0) is 18.9 Å². The van der Waals surface area contributed by atoms with Gasteiger partial charge < -0.3 is 29.4 Å². The Hall–Kier alpha value is -4.03. The zero-order chi connectivity index (χ0) is 27.9. The van der Waals surface area contributed by atoms with E-state index in [1.807, 2.05) is 28.4 Å². The molecule has 6 rings (SSSR count). The summed E-state index contributed by atoms with van der Waals surface area (Å²) in [6, 6.07) is 7.37. The first kappa shape index (κ1) is 26.2. The summed E-state index contributed by atoms with van der Waals surface area (Å²) in [5, 5.41) is 11.0. The van der Waals surface area contributed by atoms with Crippen LogP contribution < -0.4 is 15.4 Å². The van der Waals surface area contributed by atoms with Crippen LogP contribution in [-0.2, 0) is 33.3 Å². The van der Waals surface area contributed by atoms with Crippen molar-refractivity contribution < 1.29 is 19.0 Å². The van der Waals surface area contributed by atoms with E-state index in [1.54, 1.807) is 24.5 Å². The van der Waals surface area contributed by atoms with E-state index in [1.165, 1.54) is 0 Å². The molecule has 0 radical (unpaired) electrons. The summed E-state index contributed by atoms with van der Waals surface area (Å²) in [4.78, 5) is 25.5. The molecule has 1 unspecified atom stereocenters. The number of ether oxygens (including phenoxy) is 3. The third kappa shape index (κ3) is 5.77. The Morgan fingerprint density at radius 3 is 2.73 bits per heavy atom. The quantitative estimate of drug-likeness (QED) is 0.335. The number of aromatic nitrogens is 6. The van der Waals surface area contributed by atoms with Crippen LogP contribution in [0.15, 0.2) is 36.7 Å². The number of nitrogens with one attached hydrogen (secondary N) is 2. The fraction of sp³-hybridized carbons (Fsp3) is 0.464. The Labute approximate surface area is 232 Å². The molecule has 0 aromatic carbocycles. The lowest BCUT2D eigenvalue weighted by Crippen LogP contribution is -2.34. The minimum Gasteiger partial charge on any atom is -0.455 e. The number of fused-ring (bicyclic) bond motifs is 1. The van der Waals surface area contributed by atoms with Gasteiger partial charge in [0.2, 0.25) is 11.9 Å². The molecule has 1 amide bonds. The zero-order valence-corrected chi connectivity index (χ0v) is 23.2. The molecule has 210 valence electrons. The molecule has 2 aliphatic rings. The van der Waals surface area contributed by atoms with Gasteiger partial charge in [0.1, 0.15) is 23.4 Å². The topological polar surface area (TPSA) is 130 Å². The van der Waals surface area contributed by atoms with E-state index in [4.69, 9.17) is 19.3 Å². The highest BCUT2D eigenvalue weighted by molar-refractivity contribution is 5.93. The van der Waals surface area contributed by atoms with Gasteiger partial charge in [0.25, 0.3) is 0 Å². The SMILES string of the molecule is Cn1c(Nc2cc(C(C)(C)C)n(CC3COCCO3)n2)nc2ncc(Oc3ccnc(NC(=O)C4CC4)c3)cc21. The highest BCUT2D eigenvalue weighted by Gasteiger charge is 2.30. The van der Waals surface area contributed by atoms with Crippen molar-refractivity contribution in [3.63, 3.8) is 0 Å². The second-order valence-corrected chi connectivity index (χ2v) is 11.3. The summed E-state index contributed by atoms with van der Waals surface area (Å²) < 4.78 is 21.4. The first-order valence-corrected chi connectivity index (χ1v) is 13.5. The number of imidazole rings is 1. The molecular formula is C28H34N8O4. The van der Waals surface area contributed by atoms with E-state index in [0.717, 1.165) is 24.1 Å². The van der Waals surface area contributed by atoms with E-state index in [2.05, 4.69) is 46.4 Å². The van der Waals surface area contributed by atoms with E-state index in [0.29, 0.717) is 61.1 Å². The third-order valence-electron chi connectivity index (χ3n) is 6.93. The summed E-state index contributed by atoms with van der Waals surface area (Å²) in [7, 11) is 1.91. The number of anilines is 3. The van der Waals surface area contributed by atoms with Crippen LogP contribution in [0.4, 0.5) is 17.6 Å². The number of hydrogen-bond donors (Lipinski definition) is 2. The molecule has 2 fully saturated rings. The van der Waals surface area contributed by atoms with Crippen molar-refractivity contribution in [3.8, 4) is 11.5 Å². The maximum absolute atomic E-state index is 12.1. The summed E-state index contributed by atoms with van der Waals surface area (Å²) >= 11 is 0. The lowest BCUT2D eigenvalue weighted by molar-refractivity contribution is -0.117.